The van der Waals surface area contributed by atoms with Gasteiger partial charge in [-0.25, -0.2) is 4.39 Å². The average Bonchev–Trinajstić information content (AvgIpc) is 3.13. The van der Waals surface area contributed by atoms with Gasteiger partial charge in [0.2, 0.25) is 0 Å². The van der Waals surface area contributed by atoms with Crippen LogP contribution in [0.5, 0.6) is 0 Å². The molecule has 126 valence electrons. The van der Waals surface area contributed by atoms with E-state index < -0.39 is 5.83 Å². The van der Waals surface area contributed by atoms with Gasteiger partial charge in [0, 0.05) is 16.2 Å². The number of carbonyl (C=O) groups excluding carboxylic acids is 2. The number of halogens is 1. The first-order chi connectivity index (χ1) is 12.0. The van der Waals surface area contributed by atoms with E-state index >= 15 is 0 Å². The summed E-state index contributed by atoms with van der Waals surface area (Å²) in [5.41, 5.74) is 1.34. The number of carbonyl (C=O) groups is 2. The van der Waals surface area contributed by atoms with Crippen LogP contribution in [0.15, 0.2) is 73.1 Å². The monoisotopic (exact) mass is 353 g/mol. The highest BCUT2D eigenvalue weighted by Crippen LogP contribution is 2.28. The van der Waals surface area contributed by atoms with Gasteiger partial charge in [0.1, 0.15) is 5.83 Å². The minimum atomic E-state index is -0.491. The first kappa shape index (κ1) is 17.0. The van der Waals surface area contributed by atoms with Crippen molar-refractivity contribution in [3.05, 3.63) is 94.0 Å². The summed E-state index contributed by atoms with van der Waals surface area (Å²) in [6, 6.07) is 10.5. The topological polar surface area (TPSA) is 37.4 Å². The van der Waals surface area contributed by atoms with E-state index in [-0.39, 0.29) is 18.4 Å². The largest absolute Gasteiger partial charge is 0.269 e. The predicted molar refractivity (Wildman–Crippen MR) is 97.2 cm³/mol. The molecule has 0 saturated carbocycles. The molecule has 0 bridgehead atoms. The molecule has 1 aliphatic rings. The minimum absolute atomic E-state index is 0.216. The summed E-state index contributed by atoms with van der Waals surface area (Å²) in [5.74, 6) is -1.05. The van der Waals surface area contributed by atoms with Gasteiger partial charge in [-0.05, 0) is 29.8 Å². The van der Waals surface area contributed by atoms with Crippen LogP contribution in [0.25, 0.3) is 0 Å². The number of benzene rings is 1. The van der Waals surface area contributed by atoms with Crippen molar-refractivity contribution in [3.63, 3.8) is 0 Å². The normalized spacial score (nSPS) is 14.0. The molecule has 0 saturated heterocycles. The minimum Gasteiger partial charge on any atom is -0.269 e. The van der Waals surface area contributed by atoms with Gasteiger partial charge in [0.15, 0.2) is 0 Å². The fourth-order valence-electron chi connectivity index (χ4n) is 2.72. The molecule has 1 aromatic heterocycles. The van der Waals surface area contributed by atoms with Gasteiger partial charge < -0.3 is 0 Å². The van der Waals surface area contributed by atoms with Crippen molar-refractivity contribution < 1.29 is 14.0 Å². The Morgan fingerprint density at radius 2 is 1.68 bits per heavy atom. The van der Waals surface area contributed by atoms with E-state index in [2.05, 4.69) is 13.2 Å². The standard InChI is InChI=1S/C20H16FNO2S/c1-3-6-14(13(2)21)11-15-9-10-16(25-15)12-22-19(23)17-7-4-5-8-18(17)20(22)24/h3-10H,1-2,11-12H2/b14-6-. The number of hydrogen-bond acceptors (Lipinski definition) is 3. The molecule has 25 heavy (non-hydrogen) atoms. The molecule has 2 aromatic rings. The van der Waals surface area contributed by atoms with Gasteiger partial charge in [-0.3, -0.25) is 14.5 Å². The van der Waals surface area contributed by atoms with E-state index in [1.54, 1.807) is 30.3 Å². The highest BCUT2D eigenvalue weighted by molar-refractivity contribution is 7.12. The number of rotatable bonds is 6. The van der Waals surface area contributed by atoms with E-state index in [0.717, 1.165) is 9.75 Å². The van der Waals surface area contributed by atoms with E-state index in [1.165, 1.54) is 22.3 Å². The van der Waals surface area contributed by atoms with Crippen molar-refractivity contribution >= 4 is 23.2 Å². The summed E-state index contributed by atoms with van der Waals surface area (Å²) in [6.07, 6.45) is 3.51. The van der Waals surface area contributed by atoms with Gasteiger partial charge in [0.25, 0.3) is 11.8 Å². The van der Waals surface area contributed by atoms with Crippen molar-refractivity contribution in [2.24, 2.45) is 0 Å². The van der Waals surface area contributed by atoms with Crippen LogP contribution in [0, 0.1) is 0 Å². The van der Waals surface area contributed by atoms with Crippen LogP contribution in [0.1, 0.15) is 30.5 Å². The van der Waals surface area contributed by atoms with Crippen LogP contribution in [0.2, 0.25) is 0 Å². The lowest BCUT2D eigenvalue weighted by atomic mass is 10.1. The molecule has 0 spiro atoms. The maximum Gasteiger partial charge on any atom is 0.261 e. The Morgan fingerprint density at radius 3 is 2.24 bits per heavy atom. The molecular formula is C20H16FNO2S. The summed E-state index contributed by atoms with van der Waals surface area (Å²) < 4.78 is 13.4. The summed E-state index contributed by atoms with van der Waals surface area (Å²) >= 11 is 1.45. The number of imide groups is 1. The molecule has 2 amide bonds. The fourth-order valence-corrected chi connectivity index (χ4v) is 3.75. The zero-order chi connectivity index (χ0) is 18.0. The molecular weight excluding hydrogens is 337 g/mol. The summed E-state index contributed by atoms with van der Waals surface area (Å²) in [7, 11) is 0. The summed E-state index contributed by atoms with van der Waals surface area (Å²) in [4.78, 5) is 27.8. The predicted octanol–water partition coefficient (Wildman–Crippen LogP) is 4.68. The molecule has 2 heterocycles. The summed E-state index contributed by atoms with van der Waals surface area (Å²) in [5, 5.41) is 0. The van der Waals surface area contributed by atoms with Crippen molar-refractivity contribution in [2.75, 3.05) is 0 Å². The van der Waals surface area contributed by atoms with E-state index in [1.807, 2.05) is 12.1 Å². The number of hydrogen-bond donors (Lipinski definition) is 0. The van der Waals surface area contributed by atoms with Crippen molar-refractivity contribution in [3.8, 4) is 0 Å². The highest BCUT2D eigenvalue weighted by atomic mass is 32.1. The molecule has 0 radical (unpaired) electrons. The van der Waals surface area contributed by atoms with Gasteiger partial charge in [-0.15, -0.1) is 11.3 Å². The molecule has 1 aromatic carbocycles. The van der Waals surface area contributed by atoms with Crippen LogP contribution < -0.4 is 0 Å². The SMILES string of the molecule is C=C/C=C(/Cc1ccc(CN2C(=O)c3ccccc3C2=O)s1)C(=C)F. The van der Waals surface area contributed by atoms with Crippen LogP contribution in [-0.4, -0.2) is 16.7 Å². The van der Waals surface area contributed by atoms with Crippen LogP contribution in [-0.2, 0) is 13.0 Å². The molecule has 0 aliphatic carbocycles. The number of nitrogens with zero attached hydrogens (tertiary/aromatic N) is 1. The Hall–Kier alpha value is -2.79. The lowest BCUT2D eigenvalue weighted by Crippen LogP contribution is -2.28. The summed E-state index contributed by atoms with van der Waals surface area (Å²) in [6.45, 7) is 7.12. The zero-order valence-electron chi connectivity index (χ0n) is 13.5. The highest BCUT2D eigenvalue weighted by Gasteiger charge is 2.35. The average molecular weight is 353 g/mol. The Morgan fingerprint density at radius 1 is 1.08 bits per heavy atom. The van der Waals surface area contributed by atoms with Crippen LogP contribution in [0.3, 0.4) is 0 Å². The quantitative estimate of drug-likeness (QED) is 0.558. The lowest BCUT2D eigenvalue weighted by Gasteiger charge is -2.12. The van der Waals surface area contributed by atoms with Crippen molar-refractivity contribution in [1.29, 1.82) is 0 Å². The second-order valence-corrected chi connectivity index (χ2v) is 6.87. The van der Waals surface area contributed by atoms with E-state index in [0.29, 0.717) is 23.1 Å². The third-order valence-corrected chi connectivity index (χ3v) is 5.01. The van der Waals surface area contributed by atoms with Crippen LogP contribution >= 0.6 is 11.3 Å². The molecule has 5 heteroatoms. The van der Waals surface area contributed by atoms with E-state index in [9.17, 15) is 14.0 Å². The number of allylic oxidation sites excluding steroid dienone is 4. The molecule has 3 nitrogen and oxygen atoms in total. The van der Waals surface area contributed by atoms with Gasteiger partial charge >= 0.3 is 0 Å². The zero-order valence-corrected chi connectivity index (χ0v) is 14.3. The lowest BCUT2D eigenvalue weighted by molar-refractivity contribution is 0.0644. The van der Waals surface area contributed by atoms with Gasteiger partial charge in [0.05, 0.1) is 17.7 Å². The van der Waals surface area contributed by atoms with Crippen molar-refractivity contribution in [1.82, 2.24) is 4.90 Å². The Bertz CT molecular complexity index is 875. The third kappa shape index (κ3) is 3.37. The smallest absolute Gasteiger partial charge is 0.261 e. The fraction of sp³-hybridized carbons (Fsp3) is 0.100. The second-order valence-electron chi connectivity index (χ2n) is 5.62. The number of thiophene rings is 1. The van der Waals surface area contributed by atoms with Crippen LogP contribution in [0.4, 0.5) is 4.39 Å². The molecule has 0 atom stereocenters. The molecule has 1 aliphatic heterocycles. The third-order valence-electron chi connectivity index (χ3n) is 3.94. The Balaban J connectivity index is 1.76. The number of fused-ring (bicyclic) bond motifs is 1. The van der Waals surface area contributed by atoms with Gasteiger partial charge in [-0.1, -0.05) is 37.4 Å². The number of amides is 2. The second kappa shape index (κ2) is 6.99. The first-order valence-electron chi connectivity index (χ1n) is 7.70. The van der Waals surface area contributed by atoms with Gasteiger partial charge in [-0.2, -0.15) is 0 Å². The molecule has 0 N–H and O–H groups in total. The van der Waals surface area contributed by atoms with E-state index in [4.69, 9.17) is 0 Å². The molecule has 3 rings (SSSR count). The Labute approximate surface area is 149 Å². The first-order valence-corrected chi connectivity index (χ1v) is 8.52. The van der Waals surface area contributed by atoms with Crippen molar-refractivity contribution in [2.45, 2.75) is 13.0 Å². The maximum absolute atomic E-state index is 13.4. The maximum atomic E-state index is 13.4. The molecule has 0 fully saturated rings. The Kier molecular flexibility index (Phi) is 4.76. The molecule has 0 unspecified atom stereocenters.